The van der Waals surface area contributed by atoms with Crippen molar-refractivity contribution >= 4 is 39.3 Å². The number of likely N-dealkylation sites (N-methyl/N-ethyl adjacent to an activating group) is 1. The van der Waals surface area contributed by atoms with E-state index in [0.717, 1.165) is 15.0 Å². The first-order chi connectivity index (χ1) is 13.4. The van der Waals surface area contributed by atoms with Crippen molar-refractivity contribution in [3.63, 3.8) is 0 Å². The van der Waals surface area contributed by atoms with E-state index in [9.17, 15) is 19.2 Å². The molecule has 0 fully saturated rings. The number of rotatable bonds is 6. The van der Waals surface area contributed by atoms with Crippen LogP contribution in [0, 0.1) is 13.8 Å². The molecule has 2 amide bonds. The summed E-state index contributed by atoms with van der Waals surface area (Å²) in [6, 6.07) is 0. The molecule has 0 bridgehead atoms. The van der Waals surface area contributed by atoms with E-state index < -0.39 is 24.0 Å². The summed E-state index contributed by atoms with van der Waals surface area (Å²) in [7, 11) is 1.45. The Balaban J connectivity index is 1.93. The van der Waals surface area contributed by atoms with Crippen molar-refractivity contribution in [3.8, 4) is 0 Å². The van der Waals surface area contributed by atoms with Gasteiger partial charge < -0.3 is 15.0 Å². The number of hydrogen-bond acceptors (Lipinski definition) is 7. The molecule has 0 spiro atoms. The van der Waals surface area contributed by atoms with E-state index in [1.807, 2.05) is 34.6 Å². The number of carbonyl (C=O) groups is 3. The molecule has 0 radical (unpaired) electrons. The Morgan fingerprint density at radius 1 is 1.28 bits per heavy atom. The van der Waals surface area contributed by atoms with Crippen LogP contribution in [0.25, 0.3) is 10.2 Å². The molecule has 158 valence electrons. The molecule has 2 rings (SSSR count). The smallest absolute Gasteiger partial charge is 0.326 e. The number of ether oxygens (including phenoxy) is 1. The Morgan fingerprint density at radius 2 is 1.93 bits per heavy atom. The van der Waals surface area contributed by atoms with Crippen molar-refractivity contribution in [2.45, 2.75) is 46.7 Å². The minimum Gasteiger partial charge on any atom is -0.454 e. The summed E-state index contributed by atoms with van der Waals surface area (Å²) >= 11 is 1.42. The lowest BCUT2D eigenvalue weighted by Crippen LogP contribution is -2.47. The highest BCUT2D eigenvalue weighted by Crippen LogP contribution is 2.25. The number of aromatic nitrogens is 2. The van der Waals surface area contributed by atoms with Crippen molar-refractivity contribution in [2.24, 2.45) is 0 Å². The van der Waals surface area contributed by atoms with Crippen molar-refractivity contribution in [3.05, 3.63) is 27.1 Å². The van der Waals surface area contributed by atoms with E-state index >= 15 is 0 Å². The quantitative estimate of drug-likeness (QED) is 0.695. The van der Waals surface area contributed by atoms with Crippen LogP contribution in [0.2, 0.25) is 0 Å². The fraction of sp³-hybridized carbons (Fsp3) is 0.526. The number of amides is 2. The van der Waals surface area contributed by atoms with Crippen LogP contribution in [0.1, 0.15) is 31.2 Å². The maximum atomic E-state index is 12.6. The monoisotopic (exact) mass is 422 g/mol. The van der Waals surface area contributed by atoms with E-state index in [2.05, 4.69) is 10.3 Å². The van der Waals surface area contributed by atoms with E-state index in [1.165, 1.54) is 29.6 Å². The highest BCUT2D eigenvalue weighted by Gasteiger charge is 2.19. The van der Waals surface area contributed by atoms with Crippen molar-refractivity contribution in [1.29, 1.82) is 0 Å². The Kier molecular flexibility index (Phi) is 6.78. The molecule has 2 aromatic heterocycles. The molecule has 0 aromatic carbocycles. The fourth-order valence-electron chi connectivity index (χ4n) is 2.58. The van der Waals surface area contributed by atoms with E-state index in [1.54, 1.807) is 0 Å². The van der Waals surface area contributed by atoms with Gasteiger partial charge >= 0.3 is 5.97 Å². The second-order valence-electron chi connectivity index (χ2n) is 7.85. The van der Waals surface area contributed by atoms with Crippen LogP contribution in [0.3, 0.4) is 0 Å². The summed E-state index contributed by atoms with van der Waals surface area (Å²) in [5.74, 6) is -1.57. The second kappa shape index (κ2) is 8.73. The van der Waals surface area contributed by atoms with Crippen LogP contribution in [0.5, 0.6) is 0 Å². The number of carbonyl (C=O) groups excluding carboxylic acids is 3. The third-order valence-electron chi connectivity index (χ3n) is 4.13. The summed E-state index contributed by atoms with van der Waals surface area (Å²) in [4.78, 5) is 55.6. The molecule has 0 saturated carbocycles. The molecule has 2 aromatic rings. The summed E-state index contributed by atoms with van der Waals surface area (Å²) in [6.07, 6.45) is 1.30. The van der Waals surface area contributed by atoms with Gasteiger partial charge in [-0.1, -0.05) is 0 Å². The molecule has 0 aliphatic heterocycles. The Bertz CT molecular complexity index is 1000. The lowest BCUT2D eigenvalue weighted by atomic mass is 10.1. The van der Waals surface area contributed by atoms with E-state index in [-0.39, 0.29) is 24.6 Å². The number of nitrogens with zero attached hydrogens (tertiary/aromatic N) is 3. The standard InChI is InChI=1S/C19H26N4O5S/c1-11-12(2)29-17-16(11)18(27)23(10-20-17)8-15(26)28-9-14(25)22(6)7-13(24)21-19(3,4)5/h10H,7-9H2,1-6H3,(H,21,24). The first kappa shape index (κ1) is 22.5. The van der Waals surface area contributed by atoms with Gasteiger partial charge in [0.15, 0.2) is 6.61 Å². The molecule has 10 heteroatoms. The van der Waals surface area contributed by atoms with Crippen molar-refractivity contribution < 1.29 is 19.1 Å². The van der Waals surface area contributed by atoms with Crippen LogP contribution in [0.4, 0.5) is 0 Å². The minimum absolute atomic E-state index is 0.148. The first-order valence-electron chi connectivity index (χ1n) is 9.05. The minimum atomic E-state index is -0.737. The number of aryl methyl sites for hydroxylation is 2. The molecule has 29 heavy (non-hydrogen) atoms. The van der Waals surface area contributed by atoms with Gasteiger partial charge in [-0.25, -0.2) is 4.98 Å². The normalized spacial score (nSPS) is 11.4. The maximum Gasteiger partial charge on any atom is 0.326 e. The van der Waals surface area contributed by atoms with Crippen LogP contribution < -0.4 is 10.9 Å². The van der Waals surface area contributed by atoms with Gasteiger partial charge in [0, 0.05) is 17.5 Å². The number of fused-ring (bicyclic) bond motifs is 1. The molecule has 0 aliphatic rings. The summed E-state index contributed by atoms with van der Waals surface area (Å²) in [6.45, 7) is 8.24. The van der Waals surface area contributed by atoms with Crippen LogP contribution in [0.15, 0.2) is 11.1 Å². The molecule has 0 unspecified atom stereocenters. The highest BCUT2D eigenvalue weighted by molar-refractivity contribution is 7.18. The van der Waals surface area contributed by atoms with Crippen LogP contribution >= 0.6 is 11.3 Å². The average Bonchev–Trinajstić information content (AvgIpc) is 2.88. The molecule has 0 atom stereocenters. The van der Waals surface area contributed by atoms with Crippen molar-refractivity contribution in [1.82, 2.24) is 19.8 Å². The van der Waals surface area contributed by atoms with Gasteiger partial charge in [0.05, 0.1) is 18.3 Å². The first-order valence-corrected chi connectivity index (χ1v) is 9.86. The predicted molar refractivity (Wildman–Crippen MR) is 110 cm³/mol. The molecule has 0 aliphatic carbocycles. The average molecular weight is 423 g/mol. The van der Waals surface area contributed by atoms with Gasteiger partial charge in [-0.2, -0.15) is 0 Å². The molecule has 2 heterocycles. The van der Waals surface area contributed by atoms with Gasteiger partial charge in [0.2, 0.25) is 5.91 Å². The summed E-state index contributed by atoms with van der Waals surface area (Å²) in [5, 5.41) is 3.23. The molecule has 9 nitrogen and oxygen atoms in total. The Labute approximate surface area is 172 Å². The molecular weight excluding hydrogens is 396 g/mol. The van der Waals surface area contributed by atoms with Crippen LogP contribution in [-0.2, 0) is 25.7 Å². The van der Waals surface area contributed by atoms with E-state index in [4.69, 9.17) is 4.74 Å². The Morgan fingerprint density at radius 3 is 2.55 bits per heavy atom. The molecule has 0 saturated heterocycles. The predicted octanol–water partition coefficient (Wildman–Crippen LogP) is 0.991. The fourth-order valence-corrected chi connectivity index (χ4v) is 3.57. The summed E-state index contributed by atoms with van der Waals surface area (Å²) < 4.78 is 6.13. The van der Waals surface area contributed by atoms with Gasteiger partial charge in [-0.05, 0) is 40.2 Å². The van der Waals surface area contributed by atoms with E-state index in [0.29, 0.717) is 10.2 Å². The number of esters is 1. The van der Waals surface area contributed by atoms with Crippen molar-refractivity contribution in [2.75, 3.05) is 20.2 Å². The third-order valence-corrected chi connectivity index (χ3v) is 5.25. The van der Waals surface area contributed by atoms with Crippen LogP contribution in [-0.4, -0.2) is 58.0 Å². The topological polar surface area (TPSA) is 111 Å². The number of hydrogen-bond donors (Lipinski definition) is 1. The third kappa shape index (κ3) is 5.86. The number of nitrogens with one attached hydrogen (secondary N) is 1. The number of thiophene rings is 1. The highest BCUT2D eigenvalue weighted by atomic mass is 32.1. The SMILES string of the molecule is Cc1sc2ncn(CC(=O)OCC(=O)N(C)CC(=O)NC(C)(C)C)c(=O)c2c1C. The van der Waals surface area contributed by atoms with Gasteiger partial charge in [0.1, 0.15) is 11.4 Å². The Hall–Kier alpha value is -2.75. The van der Waals surface area contributed by atoms with Gasteiger partial charge in [0.25, 0.3) is 11.5 Å². The zero-order chi connectivity index (χ0) is 21.9. The zero-order valence-corrected chi connectivity index (χ0v) is 18.3. The summed E-state index contributed by atoms with van der Waals surface area (Å²) in [5.41, 5.74) is 0.112. The molecular formula is C19H26N4O5S. The second-order valence-corrected chi connectivity index (χ2v) is 9.05. The molecule has 1 N–H and O–H groups in total. The zero-order valence-electron chi connectivity index (χ0n) is 17.5. The lowest BCUT2D eigenvalue weighted by molar-refractivity contribution is -0.152. The van der Waals surface area contributed by atoms with Gasteiger partial charge in [-0.3, -0.25) is 23.7 Å². The van der Waals surface area contributed by atoms with Gasteiger partial charge in [-0.15, -0.1) is 11.3 Å². The largest absolute Gasteiger partial charge is 0.454 e. The maximum absolute atomic E-state index is 12.6. The lowest BCUT2D eigenvalue weighted by Gasteiger charge is -2.23.